The summed E-state index contributed by atoms with van der Waals surface area (Å²) < 4.78 is 40.5. The van der Waals surface area contributed by atoms with Gasteiger partial charge in [0.2, 0.25) is 0 Å². The average molecular weight is 435 g/mol. The molecule has 1 aromatic heterocycles. The maximum atomic E-state index is 13.2. The zero-order valence-electron chi connectivity index (χ0n) is 14.1. The molecule has 1 heterocycles. The lowest BCUT2D eigenvalue weighted by Gasteiger charge is -2.11. The highest BCUT2D eigenvalue weighted by Gasteiger charge is 2.33. The number of nitrogens with one attached hydrogen (secondary N) is 1. The Morgan fingerprint density at radius 2 is 1.67 bits per heavy atom. The molecule has 0 saturated carbocycles. The largest absolute Gasteiger partial charge is 0.433 e. The quantitative estimate of drug-likeness (QED) is 0.419. The van der Waals surface area contributed by atoms with E-state index in [1.165, 1.54) is 0 Å². The first kappa shape index (κ1) is 19.0. The molecule has 0 aliphatic rings. The summed E-state index contributed by atoms with van der Waals surface area (Å²) in [5.74, 6) is -0.0583. The molecule has 0 aliphatic heterocycles. The minimum atomic E-state index is -4.59. The van der Waals surface area contributed by atoms with Crippen LogP contribution in [-0.2, 0) is 6.18 Å². The SMILES string of the molecule is C/C(=N/Nc1cc(C(F)(F)F)nc(-c2ccccc2)n1)c1ccc(Br)cc1. The lowest BCUT2D eigenvalue weighted by molar-refractivity contribution is -0.141. The van der Waals surface area contributed by atoms with Gasteiger partial charge in [0.05, 0.1) is 5.71 Å². The van der Waals surface area contributed by atoms with E-state index in [2.05, 4.69) is 36.4 Å². The first-order chi connectivity index (χ1) is 12.8. The number of hydrogen-bond donors (Lipinski definition) is 1. The molecule has 0 amide bonds. The van der Waals surface area contributed by atoms with Crippen molar-refractivity contribution in [3.05, 3.63) is 76.4 Å². The highest BCUT2D eigenvalue weighted by atomic mass is 79.9. The first-order valence-electron chi connectivity index (χ1n) is 7.91. The highest BCUT2D eigenvalue weighted by molar-refractivity contribution is 9.10. The predicted octanol–water partition coefficient (Wildman–Crippen LogP) is 5.76. The van der Waals surface area contributed by atoms with Crippen LogP contribution < -0.4 is 5.43 Å². The van der Waals surface area contributed by atoms with Crippen LogP contribution in [-0.4, -0.2) is 15.7 Å². The molecular weight excluding hydrogens is 421 g/mol. The Labute approximate surface area is 162 Å². The van der Waals surface area contributed by atoms with Gasteiger partial charge in [0, 0.05) is 16.1 Å². The van der Waals surface area contributed by atoms with Gasteiger partial charge >= 0.3 is 6.18 Å². The van der Waals surface area contributed by atoms with Crippen LogP contribution in [0.5, 0.6) is 0 Å². The van der Waals surface area contributed by atoms with Gasteiger partial charge in [0.15, 0.2) is 17.3 Å². The van der Waals surface area contributed by atoms with E-state index in [1.807, 2.05) is 24.3 Å². The molecule has 0 radical (unpaired) electrons. The van der Waals surface area contributed by atoms with Gasteiger partial charge in [-0.2, -0.15) is 18.3 Å². The molecule has 2 aromatic carbocycles. The summed E-state index contributed by atoms with van der Waals surface area (Å²) in [7, 11) is 0. The average Bonchev–Trinajstić information content (AvgIpc) is 2.66. The minimum Gasteiger partial charge on any atom is -0.261 e. The van der Waals surface area contributed by atoms with Crippen molar-refractivity contribution in [3.8, 4) is 11.4 Å². The number of nitrogens with zero attached hydrogens (tertiary/aromatic N) is 3. The van der Waals surface area contributed by atoms with Crippen LogP contribution in [0.15, 0.2) is 70.2 Å². The summed E-state index contributed by atoms with van der Waals surface area (Å²) in [6.45, 7) is 1.75. The van der Waals surface area contributed by atoms with Crippen LogP contribution in [0.2, 0.25) is 0 Å². The van der Waals surface area contributed by atoms with Gasteiger partial charge in [0.25, 0.3) is 0 Å². The normalized spacial score (nSPS) is 12.1. The third-order valence-electron chi connectivity index (χ3n) is 3.65. The van der Waals surface area contributed by atoms with Crippen LogP contribution in [0.1, 0.15) is 18.2 Å². The minimum absolute atomic E-state index is 0.0237. The summed E-state index contributed by atoms with van der Waals surface area (Å²) >= 11 is 3.35. The van der Waals surface area contributed by atoms with Crippen molar-refractivity contribution in [1.82, 2.24) is 9.97 Å². The standard InChI is InChI=1S/C19H14BrF3N4/c1-12(13-7-9-15(20)10-8-13)26-27-17-11-16(19(21,22)23)24-18(25-17)14-5-3-2-4-6-14/h2-11H,1H3,(H,24,25,27)/b26-12-. The van der Waals surface area contributed by atoms with Crippen molar-refractivity contribution in [1.29, 1.82) is 0 Å². The lowest BCUT2D eigenvalue weighted by atomic mass is 10.1. The van der Waals surface area contributed by atoms with Crippen LogP contribution in [0.4, 0.5) is 19.0 Å². The Kier molecular flexibility index (Phi) is 5.55. The van der Waals surface area contributed by atoms with E-state index in [0.29, 0.717) is 11.3 Å². The molecule has 3 rings (SSSR count). The molecule has 3 aromatic rings. The molecule has 0 unspecified atom stereocenters. The van der Waals surface area contributed by atoms with Gasteiger partial charge in [-0.15, -0.1) is 0 Å². The molecule has 0 atom stereocenters. The monoisotopic (exact) mass is 434 g/mol. The second-order valence-corrected chi connectivity index (χ2v) is 6.56. The first-order valence-corrected chi connectivity index (χ1v) is 8.70. The van der Waals surface area contributed by atoms with Crippen LogP contribution in [0.25, 0.3) is 11.4 Å². The van der Waals surface area contributed by atoms with Crippen molar-refractivity contribution in [2.75, 3.05) is 5.43 Å². The second kappa shape index (κ2) is 7.87. The van der Waals surface area contributed by atoms with Gasteiger partial charge in [-0.25, -0.2) is 9.97 Å². The van der Waals surface area contributed by atoms with Gasteiger partial charge in [0.1, 0.15) is 0 Å². The fraction of sp³-hybridized carbons (Fsp3) is 0.105. The van der Waals surface area contributed by atoms with E-state index < -0.39 is 11.9 Å². The van der Waals surface area contributed by atoms with E-state index in [4.69, 9.17) is 0 Å². The molecule has 0 bridgehead atoms. The Morgan fingerprint density at radius 1 is 1.00 bits per heavy atom. The Balaban J connectivity index is 1.94. The number of halogens is 4. The second-order valence-electron chi connectivity index (χ2n) is 5.64. The number of hydrazone groups is 1. The van der Waals surface area contributed by atoms with Crippen molar-refractivity contribution < 1.29 is 13.2 Å². The predicted molar refractivity (Wildman–Crippen MR) is 102 cm³/mol. The third-order valence-corrected chi connectivity index (χ3v) is 4.18. The summed E-state index contributed by atoms with van der Waals surface area (Å²) in [6, 6.07) is 16.7. The number of alkyl halides is 3. The fourth-order valence-corrected chi connectivity index (χ4v) is 2.53. The van der Waals surface area contributed by atoms with Crippen molar-refractivity contribution >= 4 is 27.5 Å². The topological polar surface area (TPSA) is 50.2 Å². The summed E-state index contributed by atoms with van der Waals surface area (Å²) in [4.78, 5) is 7.80. The van der Waals surface area contributed by atoms with Crippen LogP contribution in [0, 0.1) is 0 Å². The molecule has 4 nitrogen and oxygen atoms in total. The molecule has 138 valence electrons. The molecule has 0 fully saturated rings. The number of aromatic nitrogens is 2. The highest BCUT2D eigenvalue weighted by Crippen LogP contribution is 2.30. The smallest absolute Gasteiger partial charge is 0.261 e. The van der Waals surface area contributed by atoms with Gasteiger partial charge in [-0.3, -0.25) is 5.43 Å². The lowest BCUT2D eigenvalue weighted by Crippen LogP contribution is -2.11. The van der Waals surface area contributed by atoms with E-state index in [-0.39, 0.29) is 11.6 Å². The number of benzene rings is 2. The number of hydrogen-bond acceptors (Lipinski definition) is 4. The molecule has 0 saturated heterocycles. The van der Waals surface area contributed by atoms with Crippen molar-refractivity contribution in [2.45, 2.75) is 13.1 Å². The Hall–Kier alpha value is -2.74. The van der Waals surface area contributed by atoms with E-state index in [1.54, 1.807) is 37.3 Å². The number of rotatable bonds is 4. The van der Waals surface area contributed by atoms with E-state index in [9.17, 15) is 13.2 Å². The molecule has 8 heteroatoms. The molecule has 0 aliphatic carbocycles. The van der Waals surface area contributed by atoms with Crippen molar-refractivity contribution in [3.63, 3.8) is 0 Å². The van der Waals surface area contributed by atoms with E-state index in [0.717, 1.165) is 16.1 Å². The molecule has 1 N–H and O–H groups in total. The fourth-order valence-electron chi connectivity index (χ4n) is 2.26. The Morgan fingerprint density at radius 3 is 2.30 bits per heavy atom. The van der Waals surface area contributed by atoms with Crippen LogP contribution in [0.3, 0.4) is 0 Å². The molecule has 0 spiro atoms. The van der Waals surface area contributed by atoms with Gasteiger partial charge in [-0.1, -0.05) is 58.4 Å². The van der Waals surface area contributed by atoms with Gasteiger partial charge in [-0.05, 0) is 24.6 Å². The summed E-state index contributed by atoms with van der Waals surface area (Å²) in [5.41, 5.74) is 3.50. The van der Waals surface area contributed by atoms with Gasteiger partial charge < -0.3 is 0 Å². The molecule has 27 heavy (non-hydrogen) atoms. The molecular formula is C19H14BrF3N4. The Bertz CT molecular complexity index is 955. The van der Waals surface area contributed by atoms with Crippen molar-refractivity contribution in [2.24, 2.45) is 5.10 Å². The zero-order valence-corrected chi connectivity index (χ0v) is 15.7. The van der Waals surface area contributed by atoms with Crippen LogP contribution >= 0.6 is 15.9 Å². The number of anilines is 1. The third kappa shape index (κ3) is 4.91. The maximum Gasteiger partial charge on any atom is 0.433 e. The summed E-state index contributed by atoms with van der Waals surface area (Å²) in [6.07, 6.45) is -4.59. The summed E-state index contributed by atoms with van der Waals surface area (Å²) in [5, 5.41) is 4.15. The zero-order chi connectivity index (χ0) is 19.4. The van der Waals surface area contributed by atoms with E-state index >= 15 is 0 Å². The maximum absolute atomic E-state index is 13.2.